The number of nitrogens with one attached hydrogen (secondary N) is 1. The summed E-state index contributed by atoms with van der Waals surface area (Å²) in [6.07, 6.45) is 2.36. The summed E-state index contributed by atoms with van der Waals surface area (Å²) in [4.78, 5) is 14.5. The highest BCUT2D eigenvalue weighted by atomic mass is 35.5. The van der Waals surface area contributed by atoms with E-state index in [0.29, 0.717) is 36.2 Å². The maximum absolute atomic E-state index is 13.3. The van der Waals surface area contributed by atoms with Crippen LogP contribution in [0.2, 0.25) is 5.02 Å². The van der Waals surface area contributed by atoms with Crippen molar-refractivity contribution in [1.29, 1.82) is 0 Å². The molecule has 0 saturated carbocycles. The van der Waals surface area contributed by atoms with E-state index in [1.165, 1.54) is 12.1 Å². The molecule has 0 aliphatic carbocycles. The summed E-state index contributed by atoms with van der Waals surface area (Å²) in [5.74, 6) is 0.807. The molecule has 0 fully saturated rings. The van der Waals surface area contributed by atoms with Gasteiger partial charge in [-0.25, -0.2) is 9.37 Å². The number of imidazole rings is 1. The first-order valence-corrected chi connectivity index (χ1v) is 9.62. The van der Waals surface area contributed by atoms with Gasteiger partial charge in [0.15, 0.2) is 0 Å². The van der Waals surface area contributed by atoms with Crippen LogP contribution in [0.1, 0.15) is 28.9 Å². The smallest absolute Gasteiger partial charge is 0.244 e. The fraction of sp³-hybridized carbons (Fsp3) is 0.190. The molecule has 0 unspecified atom stereocenters. The number of halogens is 2. The lowest BCUT2D eigenvalue weighted by Crippen LogP contribution is -2.34. The lowest BCUT2D eigenvalue weighted by Gasteiger charge is -2.32. The summed E-state index contributed by atoms with van der Waals surface area (Å²) in [6.45, 7) is 1.29. The maximum Gasteiger partial charge on any atom is 0.244 e. The van der Waals surface area contributed by atoms with E-state index in [9.17, 15) is 4.39 Å². The van der Waals surface area contributed by atoms with E-state index >= 15 is 0 Å². The van der Waals surface area contributed by atoms with E-state index < -0.39 is 0 Å². The number of hydrogen-bond donors (Lipinski definition) is 1. The molecule has 0 radical (unpaired) electrons. The van der Waals surface area contributed by atoms with Crippen LogP contribution in [0, 0.1) is 5.82 Å². The molecular formula is C21H17ClFN5O. The van der Waals surface area contributed by atoms with E-state index in [1.54, 1.807) is 30.6 Å². The second-order valence-corrected chi connectivity index (χ2v) is 7.48. The van der Waals surface area contributed by atoms with Gasteiger partial charge in [-0.15, -0.1) is 0 Å². The second-order valence-electron chi connectivity index (χ2n) is 7.04. The number of aromatic amines is 1. The first kappa shape index (κ1) is 18.0. The molecule has 146 valence electrons. The van der Waals surface area contributed by atoms with Gasteiger partial charge in [0, 0.05) is 30.1 Å². The number of fused-ring (bicyclic) bond motifs is 1. The minimum absolute atomic E-state index is 0.121. The molecule has 29 heavy (non-hydrogen) atoms. The number of H-pyrrole nitrogens is 1. The van der Waals surface area contributed by atoms with Gasteiger partial charge in [-0.3, -0.25) is 4.90 Å². The summed E-state index contributed by atoms with van der Waals surface area (Å²) in [5, 5.41) is 4.81. The Balaban J connectivity index is 1.45. The number of nitrogens with zero attached hydrogens (tertiary/aromatic N) is 4. The summed E-state index contributed by atoms with van der Waals surface area (Å²) in [7, 11) is 0. The van der Waals surface area contributed by atoms with Crippen molar-refractivity contribution in [3.8, 4) is 11.4 Å². The van der Waals surface area contributed by atoms with Gasteiger partial charge < -0.3 is 9.51 Å². The molecule has 8 heteroatoms. The van der Waals surface area contributed by atoms with Crippen molar-refractivity contribution in [3.05, 3.63) is 88.5 Å². The molecular weight excluding hydrogens is 393 g/mol. The van der Waals surface area contributed by atoms with Crippen LogP contribution in [0.25, 0.3) is 11.4 Å². The van der Waals surface area contributed by atoms with Gasteiger partial charge in [-0.05, 0) is 42.0 Å². The quantitative estimate of drug-likeness (QED) is 0.535. The minimum Gasteiger partial charge on any atom is -0.347 e. The molecule has 4 aromatic rings. The van der Waals surface area contributed by atoms with Gasteiger partial charge in [0.2, 0.25) is 11.7 Å². The molecule has 0 saturated heterocycles. The first-order valence-electron chi connectivity index (χ1n) is 9.25. The third-order valence-corrected chi connectivity index (χ3v) is 5.38. The molecule has 1 aliphatic rings. The standard InChI is InChI=1S/C21H17ClFN5O/c22-15-5-3-14(4-6-15)20-26-21(29-27-20)19-9-17-18(25-12-24-17)11-28(19)10-13-1-7-16(23)8-2-13/h1-8,12,19H,9-11H2,(H,24,25)/t19-/m0/s1. The number of rotatable bonds is 4. The Labute approximate surface area is 171 Å². The SMILES string of the molecule is Fc1ccc(CN2Cc3[nH]cnc3C[C@H]2c2nc(-c3ccc(Cl)cc3)no2)cc1. The van der Waals surface area contributed by atoms with Crippen LogP contribution in [0.15, 0.2) is 59.4 Å². The molecule has 1 N–H and O–H groups in total. The normalized spacial score (nSPS) is 16.7. The van der Waals surface area contributed by atoms with Crippen LogP contribution in [-0.2, 0) is 19.5 Å². The summed E-state index contributed by atoms with van der Waals surface area (Å²) in [6, 6.07) is 13.7. The van der Waals surface area contributed by atoms with Crippen molar-refractivity contribution in [2.24, 2.45) is 0 Å². The Morgan fingerprint density at radius 2 is 1.93 bits per heavy atom. The Bertz CT molecular complexity index is 1120. The van der Waals surface area contributed by atoms with Gasteiger partial charge in [-0.2, -0.15) is 4.98 Å². The van der Waals surface area contributed by atoms with Crippen LogP contribution in [-0.4, -0.2) is 25.0 Å². The highest BCUT2D eigenvalue weighted by Crippen LogP contribution is 2.33. The topological polar surface area (TPSA) is 70.8 Å². The van der Waals surface area contributed by atoms with E-state index in [2.05, 4.69) is 25.0 Å². The number of benzene rings is 2. The average molecular weight is 410 g/mol. The van der Waals surface area contributed by atoms with E-state index in [0.717, 1.165) is 22.5 Å². The van der Waals surface area contributed by atoms with Crippen LogP contribution >= 0.6 is 11.6 Å². The van der Waals surface area contributed by atoms with Crippen LogP contribution in [0.4, 0.5) is 4.39 Å². The molecule has 0 bridgehead atoms. The molecule has 5 rings (SSSR count). The summed E-state index contributed by atoms with van der Waals surface area (Å²) in [5.41, 5.74) is 3.92. The first-order chi connectivity index (χ1) is 14.2. The maximum atomic E-state index is 13.3. The average Bonchev–Trinajstić information content (AvgIpc) is 3.39. The molecule has 3 heterocycles. The molecule has 2 aromatic carbocycles. The monoisotopic (exact) mass is 409 g/mol. The molecule has 2 aromatic heterocycles. The summed E-state index contributed by atoms with van der Waals surface area (Å²) < 4.78 is 18.9. The van der Waals surface area contributed by atoms with Crippen molar-refractivity contribution in [1.82, 2.24) is 25.0 Å². The summed E-state index contributed by atoms with van der Waals surface area (Å²) >= 11 is 5.96. The Kier molecular flexibility index (Phi) is 4.61. The molecule has 6 nitrogen and oxygen atoms in total. The zero-order valence-electron chi connectivity index (χ0n) is 15.3. The Morgan fingerprint density at radius 1 is 1.14 bits per heavy atom. The van der Waals surface area contributed by atoms with Crippen LogP contribution in [0.5, 0.6) is 0 Å². The van der Waals surface area contributed by atoms with Gasteiger partial charge >= 0.3 is 0 Å². The van der Waals surface area contributed by atoms with Crippen molar-refractivity contribution in [2.75, 3.05) is 0 Å². The fourth-order valence-electron chi connectivity index (χ4n) is 3.61. The van der Waals surface area contributed by atoms with Crippen molar-refractivity contribution in [3.63, 3.8) is 0 Å². The highest BCUT2D eigenvalue weighted by Gasteiger charge is 2.33. The zero-order valence-corrected chi connectivity index (χ0v) is 16.1. The van der Waals surface area contributed by atoms with E-state index in [4.69, 9.17) is 16.1 Å². The lowest BCUT2D eigenvalue weighted by atomic mass is 10.0. The van der Waals surface area contributed by atoms with E-state index in [-0.39, 0.29) is 11.9 Å². The van der Waals surface area contributed by atoms with Gasteiger partial charge in [-0.1, -0.05) is 28.9 Å². The van der Waals surface area contributed by atoms with Gasteiger partial charge in [0.05, 0.1) is 23.8 Å². The lowest BCUT2D eigenvalue weighted by molar-refractivity contribution is 0.128. The number of hydrogen-bond acceptors (Lipinski definition) is 5. The Hall–Kier alpha value is -3.03. The van der Waals surface area contributed by atoms with Crippen molar-refractivity contribution >= 4 is 11.6 Å². The van der Waals surface area contributed by atoms with Gasteiger partial charge in [0.25, 0.3) is 0 Å². The van der Waals surface area contributed by atoms with E-state index in [1.807, 2.05) is 12.1 Å². The largest absolute Gasteiger partial charge is 0.347 e. The predicted octanol–water partition coefficient (Wildman–Crippen LogP) is 4.55. The zero-order chi connectivity index (χ0) is 19.8. The fourth-order valence-corrected chi connectivity index (χ4v) is 3.73. The van der Waals surface area contributed by atoms with Gasteiger partial charge in [0.1, 0.15) is 5.82 Å². The Morgan fingerprint density at radius 3 is 2.72 bits per heavy atom. The molecule has 0 spiro atoms. The molecule has 0 amide bonds. The third kappa shape index (κ3) is 3.66. The molecule has 1 atom stereocenters. The number of aromatic nitrogens is 4. The second kappa shape index (κ2) is 7.42. The third-order valence-electron chi connectivity index (χ3n) is 5.12. The highest BCUT2D eigenvalue weighted by molar-refractivity contribution is 6.30. The molecule has 1 aliphatic heterocycles. The predicted molar refractivity (Wildman–Crippen MR) is 105 cm³/mol. The minimum atomic E-state index is -0.246. The van der Waals surface area contributed by atoms with Crippen LogP contribution in [0.3, 0.4) is 0 Å². The van der Waals surface area contributed by atoms with Crippen molar-refractivity contribution < 1.29 is 8.91 Å². The van der Waals surface area contributed by atoms with Crippen molar-refractivity contribution in [2.45, 2.75) is 25.6 Å². The van der Waals surface area contributed by atoms with Crippen LogP contribution < -0.4 is 0 Å².